The van der Waals surface area contributed by atoms with Crippen molar-refractivity contribution in [1.82, 2.24) is 5.06 Å². The van der Waals surface area contributed by atoms with Gasteiger partial charge < -0.3 is 28.5 Å². The molecule has 102 valence electrons. The molecule has 1 amide bonds. The lowest BCUT2D eigenvalue weighted by Crippen LogP contribution is -3.00. The summed E-state index contributed by atoms with van der Waals surface area (Å²) in [5.41, 5.74) is 0. The minimum absolute atomic E-state index is 0. The van der Waals surface area contributed by atoms with Gasteiger partial charge in [-0.3, -0.25) is 9.63 Å². The summed E-state index contributed by atoms with van der Waals surface area (Å²) in [6.45, 7) is 4.27. The number of quaternary nitrogens is 1. The fourth-order valence-electron chi connectivity index (χ4n) is 2.38. The Balaban J connectivity index is 0.00000162. The molecule has 0 aromatic heterocycles. The van der Waals surface area contributed by atoms with Gasteiger partial charge in [0.2, 0.25) is 5.91 Å². The van der Waals surface area contributed by atoms with Crippen LogP contribution in [0.1, 0.15) is 25.7 Å². The van der Waals surface area contributed by atoms with Crippen LogP contribution in [-0.4, -0.2) is 55.3 Å². The molecule has 0 aliphatic carbocycles. The van der Waals surface area contributed by atoms with Crippen molar-refractivity contribution in [3.8, 4) is 11.8 Å². The highest BCUT2D eigenvalue weighted by Crippen LogP contribution is 2.15. The predicted octanol–water partition coefficient (Wildman–Crippen LogP) is -2.21. The van der Waals surface area contributed by atoms with Gasteiger partial charge in [-0.2, -0.15) is 0 Å². The van der Waals surface area contributed by atoms with Crippen LogP contribution in [0.15, 0.2) is 0 Å². The lowest BCUT2D eigenvalue weighted by Gasteiger charge is -2.36. The number of piperidine rings is 1. The van der Waals surface area contributed by atoms with Gasteiger partial charge in [0.1, 0.15) is 13.1 Å². The Morgan fingerprint density at radius 1 is 1.28 bits per heavy atom. The average molecular weight is 364 g/mol. The summed E-state index contributed by atoms with van der Waals surface area (Å²) in [6, 6.07) is 0. The molecule has 0 radical (unpaired) electrons. The van der Waals surface area contributed by atoms with Crippen LogP contribution in [0.3, 0.4) is 0 Å². The highest BCUT2D eigenvalue weighted by molar-refractivity contribution is 5.76. The minimum atomic E-state index is 0. The highest BCUT2D eigenvalue weighted by Gasteiger charge is 2.23. The van der Waals surface area contributed by atoms with E-state index in [1.165, 1.54) is 37.4 Å². The topological polar surface area (TPSA) is 29.5 Å². The molecule has 2 fully saturated rings. The van der Waals surface area contributed by atoms with E-state index in [0.717, 1.165) is 11.0 Å². The number of carbonyl (C=O) groups is 1. The summed E-state index contributed by atoms with van der Waals surface area (Å²) in [4.78, 5) is 16.4. The van der Waals surface area contributed by atoms with Crippen molar-refractivity contribution in [1.29, 1.82) is 0 Å². The highest BCUT2D eigenvalue weighted by atomic mass is 127. The molecule has 18 heavy (non-hydrogen) atoms. The van der Waals surface area contributed by atoms with E-state index in [9.17, 15) is 4.79 Å². The van der Waals surface area contributed by atoms with Crippen LogP contribution in [0.25, 0.3) is 0 Å². The molecule has 0 spiro atoms. The SMILES string of the molecule is C[N+]1(CC#CCN2OCCC2=O)CCCCC1.[I-]. The molecule has 0 unspecified atom stereocenters. The van der Waals surface area contributed by atoms with Crippen LogP contribution in [0, 0.1) is 11.8 Å². The summed E-state index contributed by atoms with van der Waals surface area (Å²) in [7, 11) is 2.27. The molecule has 0 aromatic rings. The Labute approximate surface area is 126 Å². The molecule has 2 saturated heterocycles. The zero-order valence-corrected chi connectivity index (χ0v) is 13.1. The maximum Gasteiger partial charge on any atom is 0.249 e. The summed E-state index contributed by atoms with van der Waals surface area (Å²) >= 11 is 0. The van der Waals surface area contributed by atoms with Gasteiger partial charge in [-0.15, -0.1) is 0 Å². The number of halogens is 1. The number of nitrogens with zero attached hydrogens (tertiary/aromatic N) is 2. The molecule has 4 nitrogen and oxygen atoms in total. The standard InChI is InChI=1S/C13H21N2O2.HI/c1-15(9-4-2-5-10-15)11-6-3-8-14-13(16)7-12-17-14;/h2,4-5,7-12H2,1H3;1H/q+1;/p-1. The summed E-state index contributed by atoms with van der Waals surface area (Å²) in [5.74, 6) is 6.29. The average Bonchev–Trinajstić information content (AvgIpc) is 2.72. The first kappa shape index (κ1) is 15.7. The van der Waals surface area contributed by atoms with Gasteiger partial charge >= 0.3 is 0 Å². The smallest absolute Gasteiger partial charge is 0.249 e. The Bertz CT molecular complexity index is 343. The minimum Gasteiger partial charge on any atom is -1.00 e. The molecule has 0 saturated carbocycles. The molecule has 0 bridgehead atoms. The first-order chi connectivity index (χ1) is 8.20. The van der Waals surface area contributed by atoms with Crippen LogP contribution in [0.5, 0.6) is 0 Å². The monoisotopic (exact) mass is 364 g/mol. The van der Waals surface area contributed by atoms with E-state index in [2.05, 4.69) is 18.9 Å². The maximum absolute atomic E-state index is 11.3. The van der Waals surface area contributed by atoms with Crippen LogP contribution in [0.4, 0.5) is 0 Å². The molecule has 0 N–H and O–H groups in total. The summed E-state index contributed by atoms with van der Waals surface area (Å²) in [5, 5.41) is 1.38. The fraction of sp³-hybridized carbons (Fsp3) is 0.769. The molecule has 2 heterocycles. The summed E-state index contributed by atoms with van der Waals surface area (Å²) < 4.78 is 1.06. The number of likely N-dealkylation sites (tertiary alicyclic amines) is 1. The van der Waals surface area contributed by atoms with Crippen molar-refractivity contribution in [2.24, 2.45) is 0 Å². The number of carbonyl (C=O) groups excluding carboxylic acids is 1. The lowest BCUT2D eigenvalue weighted by molar-refractivity contribution is -0.907. The zero-order chi connectivity index (χ0) is 12.1. The summed E-state index contributed by atoms with van der Waals surface area (Å²) in [6.07, 6.45) is 4.48. The fourth-order valence-corrected chi connectivity index (χ4v) is 2.38. The van der Waals surface area contributed by atoms with Crippen molar-refractivity contribution in [2.45, 2.75) is 25.7 Å². The van der Waals surface area contributed by atoms with Crippen molar-refractivity contribution in [3.63, 3.8) is 0 Å². The molecule has 0 aromatic carbocycles. The van der Waals surface area contributed by atoms with E-state index in [-0.39, 0.29) is 29.9 Å². The molecular weight excluding hydrogens is 343 g/mol. The Morgan fingerprint density at radius 2 is 2.00 bits per heavy atom. The van der Waals surface area contributed by atoms with Gasteiger partial charge in [0.05, 0.1) is 33.2 Å². The molecule has 2 aliphatic heterocycles. The van der Waals surface area contributed by atoms with E-state index < -0.39 is 0 Å². The van der Waals surface area contributed by atoms with Crippen LogP contribution < -0.4 is 24.0 Å². The Kier molecular flexibility index (Phi) is 6.39. The van der Waals surface area contributed by atoms with Gasteiger partial charge in [0, 0.05) is 0 Å². The second-order valence-corrected chi connectivity index (χ2v) is 5.15. The van der Waals surface area contributed by atoms with E-state index >= 15 is 0 Å². The number of hydrogen-bond donors (Lipinski definition) is 0. The molecule has 2 aliphatic rings. The molecule has 5 heteroatoms. The Morgan fingerprint density at radius 3 is 2.61 bits per heavy atom. The van der Waals surface area contributed by atoms with Crippen molar-refractivity contribution < 1.29 is 38.1 Å². The van der Waals surface area contributed by atoms with Crippen molar-refractivity contribution >= 4 is 5.91 Å². The van der Waals surface area contributed by atoms with Crippen LogP contribution in [-0.2, 0) is 9.63 Å². The lowest BCUT2D eigenvalue weighted by atomic mass is 10.1. The molecule has 2 rings (SSSR count). The number of hydroxylamine groups is 2. The molecule has 0 atom stereocenters. The zero-order valence-electron chi connectivity index (χ0n) is 11.0. The largest absolute Gasteiger partial charge is 1.00 e. The third-order valence-electron chi connectivity index (χ3n) is 3.55. The normalized spacial score (nSPS) is 22.1. The van der Waals surface area contributed by atoms with Gasteiger partial charge in [-0.25, -0.2) is 5.06 Å². The number of rotatable bonds is 2. The predicted molar refractivity (Wildman–Crippen MR) is 64.7 cm³/mol. The molecular formula is C13H21IN2O2. The number of amides is 1. The Hall–Kier alpha value is -0.320. The van der Waals surface area contributed by atoms with Crippen LogP contribution in [0.2, 0.25) is 0 Å². The van der Waals surface area contributed by atoms with Gasteiger partial charge in [-0.1, -0.05) is 5.92 Å². The second-order valence-electron chi connectivity index (χ2n) is 5.15. The van der Waals surface area contributed by atoms with Crippen molar-refractivity contribution in [2.75, 3.05) is 39.8 Å². The van der Waals surface area contributed by atoms with E-state index in [1.807, 2.05) is 0 Å². The quantitative estimate of drug-likeness (QED) is 0.316. The van der Waals surface area contributed by atoms with Gasteiger partial charge in [0.15, 0.2) is 0 Å². The van der Waals surface area contributed by atoms with E-state index in [1.54, 1.807) is 0 Å². The third kappa shape index (κ3) is 4.41. The first-order valence-electron chi connectivity index (χ1n) is 6.42. The van der Waals surface area contributed by atoms with Crippen LogP contribution >= 0.6 is 0 Å². The maximum atomic E-state index is 11.3. The van der Waals surface area contributed by atoms with Gasteiger partial charge in [0.25, 0.3) is 0 Å². The second kappa shape index (κ2) is 7.31. The first-order valence-corrected chi connectivity index (χ1v) is 6.42. The van der Waals surface area contributed by atoms with Gasteiger partial charge in [-0.05, 0) is 25.2 Å². The van der Waals surface area contributed by atoms with E-state index in [0.29, 0.717) is 19.6 Å². The number of hydrogen-bond acceptors (Lipinski definition) is 2. The third-order valence-corrected chi connectivity index (χ3v) is 3.55. The van der Waals surface area contributed by atoms with E-state index in [4.69, 9.17) is 4.84 Å². The van der Waals surface area contributed by atoms with Crippen molar-refractivity contribution in [3.05, 3.63) is 0 Å².